The van der Waals surface area contributed by atoms with Crippen molar-refractivity contribution in [2.45, 2.75) is 24.7 Å². The summed E-state index contributed by atoms with van der Waals surface area (Å²) >= 11 is 0. The first kappa shape index (κ1) is 37.5. The summed E-state index contributed by atoms with van der Waals surface area (Å²) in [6.07, 6.45) is 0. The van der Waals surface area contributed by atoms with Crippen LogP contribution in [0.1, 0.15) is 47.2 Å². The van der Waals surface area contributed by atoms with Crippen LogP contribution in [0.4, 0.5) is 17.1 Å². The summed E-state index contributed by atoms with van der Waals surface area (Å²) in [5.74, 6) is 0. The van der Waals surface area contributed by atoms with E-state index in [1.807, 2.05) is 0 Å². The molecule has 0 unspecified atom stereocenters. The Morgan fingerprint density at radius 1 is 0.277 bits per heavy atom. The van der Waals surface area contributed by atoms with Crippen LogP contribution in [0.25, 0.3) is 66.8 Å². The fourth-order valence-corrected chi connectivity index (χ4v) is 11.8. The Balaban J connectivity index is 1.03. The summed E-state index contributed by atoms with van der Waals surface area (Å²) in [5, 5.41) is 0. The maximum atomic E-state index is 2.48. The van der Waals surface area contributed by atoms with Gasteiger partial charge in [0.15, 0.2) is 0 Å². The standard InChI is InChI=1S/C64H45N/c1-63(2)55-27-13-9-22-49(55)52-38-37-47(41-60(52)63)65(46-35-32-43(33-36-46)42-18-5-3-6-19-42)61-39-34-45(40-54(61)44-20-7-4-8-21-44)48-26-17-31-59-62(48)53-25-12-16-30-58(53)64(59)56-28-14-10-23-50(56)51-24-11-15-29-57(51)64/h3-41H,1-2H3. The molecular weight excluding hydrogens is 783 g/mol. The van der Waals surface area contributed by atoms with Crippen molar-refractivity contribution in [2.24, 2.45) is 0 Å². The van der Waals surface area contributed by atoms with Gasteiger partial charge < -0.3 is 4.90 Å². The third-order valence-electron chi connectivity index (χ3n) is 14.7. The van der Waals surface area contributed by atoms with Gasteiger partial charge in [-0.25, -0.2) is 0 Å². The largest absolute Gasteiger partial charge is 0.310 e. The van der Waals surface area contributed by atoms with Gasteiger partial charge in [0.25, 0.3) is 0 Å². The summed E-state index contributed by atoms with van der Waals surface area (Å²) in [4.78, 5) is 2.48. The van der Waals surface area contributed by atoms with Gasteiger partial charge in [-0.3, -0.25) is 0 Å². The normalized spacial score (nSPS) is 13.9. The van der Waals surface area contributed by atoms with Crippen molar-refractivity contribution >= 4 is 17.1 Å². The highest BCUT2D eigenvalue weighted by Crippen LogP contribution is 2.64. The van der Waals surface area contributed by atoms with Gasteiger partial charge in [-0.15, -0.1) is 0 Å². The third kappa shape index (κ3) is 5.39. The molecule has 3 aliphatic carbocycles. The van der Waals surface area contributed by atoms with Gasteiger partial charge in [0.1, 0.15) is 0 Å². The van der Waals surface area contributed by atoms with E-state index in [-0.39, 0.29) is 5.41 Å². The molecule has 0 saturated heterocycles. The second kappa shape index (κ2) is 14.3. The summed E-state index contributed by atoms with van der Waals surface area (Å²) in [7, 11) is 0. The van der Waals surface area contributed by atoms with Gasteiger partial charge in [0.2, 0.25) is 0 Å². The number of benzene rings is 10. The molecule has 0 bridgehead atoms. The zero-order chi connectivity index (χ0) is 43.3. The first-order valence-electron chi connectivity index (χ1n) is 22.8. The topological polar surface area (TPSA) is 3.24 Å². The predicted molar refractivity (Wildman–Crippen MR) is 271 cm³/mol. The summed E-state index contributed by atoms with van der Waals surface area (Å²) in [6, 6.07) is 88.2. The molecule has 0 heterocycles. The van der Waals surface area contributed by atoms with Crippen molar-refractivity contribution in [3.05, 3.63) is 270 Å². The Labute approximate surface area is 381 Å². The summed E-state index contributed by atoms with van der Waals surface area (Å²) < 4.78 is 0. The number of hydrogen-bond donors (Lipinski definition) is 0. The van der Waals surface area contributed by atoms with E-state index >= 15 is 0 Å². The molecule has 0 N–H and O–H groups in total. The lowest BCUT2D eigenvalue weighted by molar-refractivity contribution is 0.660. The van der Waals surface area contributed by atoms with Crippen molar-refractivity contribution in [3.63, 3.8) is 0 Å². The number of anilines is 3. The minimum absolute atomic E-state index is 0.140. The molecule has 306 valence electrons. The van der Waals surface area contributed by atoms with Crippen molar-refractivity contribution in [1.82, 2.24) is 0 Å². The zero-order valence-corrected chi connectivity index (χ0v) is 36.5. The van der Waals surface area contributed by atoms with Crippen LogP contribution in [0.2, 0.25) is 0 Å². The Kier molecular flexibility index (Phi) is 8.24. The van der Waals surface area contributed by atoms with E-state index < -0.39 is 5.41 Å². The molecule has 0 saturated carbocycles. The van der Waals surface area contributed by atoms with Crippen LogP contribution in [-0.2, 0) is 10.8 Å². The van der Waals surface area contributed by atoms with Crippen molar-refractivity contribution in [2.75, 3.05) is 4.90 Å². The van der Waals surface area contributed by atoms with Crippen LogP contribution in [0.3, 0.4) is 0 Å². The lowest BCUT2D eigenvalue weighted by Gasteiger charge is -2.31. The van der Waals surface area contributed by atoms with E-state index in [1.54, 1.807) is 0 Å². The highest BCUT2D eigenvalue weighted by atomic mass is 15.1. The molecule has 13 rings (SSSR count). The van der Waals surface area contributed by atoms with E-state index in [0.29, 0.717) is 0 Å². The Bertz CT molecular complexity index is 3460. The minimum Gasteiger partial charge on any atom is -0.310 e. The van der Waals surface area contributed by atoms with Gasteiger partial charge in [-0.2, -0.15) is 0 Å². The van der Waals surface area contributed by atoms with E-state index in [2.05, 4.69) is 255 Å². The van der Waals surface area contributed by atoms with Gasteiger partial charge in [0.05, 0.1) is 11.1 Å². The van der Waals surface area contributed by atoms with E-state index in [9.17, 15) is 0 Å². The first-order chi connectivity index (χ1) is 32.0. The lowest BCUT2D eigenvalue weighted by atomic mass is 9.70. The quantitative estimate of drug-likeness (QED) is 0.161. The molecule has 0 radical (unpaired) electrons. The van der Waals surface area contributed by atoms with Gasteiger partial charge in [-0.05, 0) is 131 Å². The average molecular weight is 828 g/mol. The molecule has 0 amide bonds. The summed E-state index contributed by atoms with van der Waals surface area (Å²) in [5.41, 5.74) is 26.1. The maximum absolute atomic E-state index is 2.48. The monoisotopic (exact) mass is 827 g/mol. The molecule has 10 aromatic carbocycles. The molecule has 1 nitrogen and oxygen atoms in total. The Hall–Kier alpha value is -8.00. The molecular formula is C64H45N. The average Bonchev–Trinajstić information content (AvgIpc) is 3.93. The number of fused-ring (bicyclic) bond motifs is 13. The maximum Gasteiger partial charge on any atom is 0.0725 e. The van der Waals surface area contributed by atoms with Crippen LogP contribution in [-0.4, -0.2) is 0 Å². The molecule has 1 spiro atoms. The number of nitrogens with zero attached hydrogens (tertiary/aromatic N) is 1. The molecule has 10 aromatic rings. The van der Waals surface area contributed by atoms with Crippen molar-refractivity contribution in [3.8, 4) is 66.8 Å². The van der Waals surface area contributed by atoms with Crippen LogP contribution in [0.15, 0.2) is 237 Å². The Morgan fingerprint density at radius 2 is 0.738 bits per heavy atom. The molecule has 65 heavy (non-hydrogen) atoms. The fourth-order valence-electron chi connectivity index (χ4n) is 11.8. The third-order valence-corrected chi connectivity index (χ3v) is 14.7. The van der Waals surface area contributed by atoms with Crippen LogP contribution in [0, 0.1) is 0 Å². The first-order valence-corrected chi connectivity index (χ1v) is 22.8. The van der Waals surface area contributed by atoms with Gasteiger partial charge in [0, 0.05) is 22.4 Å². The van der Waals surface area contributed by atoms with E-state index in [1.165, 1.54) is 100 Å². The minimum atomic E-state index is -0.402. The smallest absolute Gasteiger partial charge is 0.0725 e. The van der Waals surface area contributed by atoms with Crippen LogP contribution in [0.5, 0.6) is 0 Å². The van der Waals surface area contributed by atoms with Gasteiger partial charge >= 0.3 is 0 Å². The van der Waals surface area contributed by atoms with Crippen molar-refractivity contribution < 1.29 is 0 Å². The highest BCUT2D eigenvalue weighted by Gasteiger charge is 2.52. The van der Waals surface area contributed by atoms with Crippen molar-refractivity contribution in [1.29, 1.82) is 0 Å². The molecule has 1 heteroatoms. The fraction of sp³-hybridized carbons (Fsp3) is 0.0625. The van der Waals surface area contributed by atoms with Gasteiger partial charge in [-0.1, -0.05) is 214 Å². The molecule has 3 aliphatic rings. The SMILES string of the molecule is CC1(C)c2ccccc2-c2ccc(N(c3ccc(-c4ccccc4)cc3)c3ccc(-c4cccc5c4-c4ccccc4C54c5ccccc5-c5ccccc54)cc3-c3ccccc3)cc21. The number of hydrogen-bond acceptors (Lipinski definition) is 1. The second-order valence-electron chi connectivity index (χ2n) is 18.4. The summed E-state index contributed by atoms with van der Waals surface area (Å²) in [6.45, 7) is 4.74. The van der Waals surface area contributed by atoms with Crippen LogP contribution < -0.4 is 4.90 Å². The molecule has 0 aromatic heterocycles. The molecule has 0 aliphatic heterocycles. The second-order valence-corrected chi connectivity index (χ2v) is 18.4. The zero-order valence-electron chi connectivity index (χ0n) is 36.5. The molecule has 0 fully saturated rings. The predicted octanol–water partition coefficient (Wildman–Crippen LogP) is 16.8. The van der Waals surface area contributed by atoms with E-state index in [4.69, 9.17) is 0 Å². The lowest BCUT2D eigenvalue weighted by Crippen LogP contribution is -2.25. The van der Waals surface area contributed by atoms with Crippen LogP contribution >= 0.6 is 0 Å². The van der Waals surface area contributed by atoms with E-state index in [0.717, 1.165) is 17.1 Å². The highest BCUT2D eigenvalue weighted by molar-refractivity contribution is 6.01. The Morgan fingerprint density at radius 3 is 1.40 bits per heavy atom. The number of rotatable bonds is 6. The molecule has 0 atom stereocenters.